The molecule has 0 radical (unpaired) electrons. The molecule has 1 aliphatic heterocycles. The Morgan fingerprint density at radius 1 is 1.19 bits per heavy atom. The minimum Gasteiger partial charge on any atom is -0.406 e. The molecule has 1 aromatic heterocycles. The number of hydrogen-bond donors (Lipinski definition) is 3. The van der Waals surface area contributed by atoms with E-state index in [1.807, 2.05) is 0 Å². The number of H-pyrrole nitrogens is 1. The van der Waals surface area contributed by atoms with Crippen molar-refractivity contribution in [3.63, 3.8) is 0 Å². The van der Waals surface area contributed by atoms with Crippen LogP contribution in [0.15, 0.2) is 36.4 Å². The Morgan fingerprint density at radius 2 is 2.00 bits per heavy atom. The van der Waals surface area contributed by atoms with E-state index in [9.17, 15) is 22.4 Å². The molecule has 0 spiro atoms. The third-order valence-corrected chi connectivity index (χ3v) is 4.95. The van der Waals surface area contributed by atoms with Crippen molar-refractivity contribution in [2.24, 2.45) is 5.92 Å². The van der Waals surface area contributed by atoms with E-state index in [2.05, 4.69) is 25.6 Å². The normalized spacial score (nSPS) is 16.6. The zero-order valence-electron chi connectivity index (χ0n) is 16.1. The minimum absolute atomic E-state index is 0. The van der Waals surface area contributed by atoms with Gasteiger partial charge in [0, 0.05) is 17.5 Å². The van der Waals surface area contributed by atoms with Gasteiger partial charge in [0.15, 0.2) is 5.82 Å². The molecule has 11 heteroatoms. The third kappa shape index (κ3) is 5.26. The maximum absolute atomic E-state index is 14.3. The first-order chi connectivity index (χ1) is 14.3. The highest BCUT2D eigenvalue weighted by atomic mass is 35.5. The van der Waals surface area contributed by atoms with E-state index in [1.165, 1.54) is 0 Å². The van der Waals surface area contributed by atoms with Crippen LogP contribution in [0.5, 0.6) is 5.75 Å². The summed E-state index contributed by atoms with van der Waals surface area (Å²) in [5.41, 5.74) is 0.858. The lowest BCUT2D eigenvalue weighted by Crippen LogP contribution is -2.37. The molecule has 0 bridgehead atoms. The molecule has 2 heterocycles. The highest BCUT2D eigenvalue weighted by molar-refractivity contribution is 6.01. The van der Waals surface area contributed by atoms with Crippen molar-refractivity contribution >= 4 is 35.0 Å². The number of alkyl halides is 3. The molecule has 0 unspecified atom stereocenters. The number of piperidine rings is 1. The lowest BCUT2D eigenvalue weighted by Gasteiger charge is -2.21. The van der Waals surface area contributed by atoms with Crippen LogP contribution < -0.4 is 15.4 Å². The molecule has 1 amide bonds. The SMILES string of the molecule is Cl.O=C(Nc1n[nH]c2ccc(-c3cc(OC(F)(F)F)ccc3F)cc12)[C@@H]1CCCNC1. The molecular formula is C20H19ClF4N4O2. The van der Waals surface area contributed by atoms with Crippen molar-refractivity contribution < 1.29 is 27.1 Å². The topological polar surface area (TPSA) is 79.0 Å². The maximum Gasteiger partial charge on any atom is 0.573 e. The van der Waals surface area contributed by atoms with Crippen molar-refractivity contribution in [1.29, 1.82) is 0 Å². The first-order valence-electron chi connectivity index (χ1n) is 9.35. The Labute approximate surface area is 180 Å². The van der Waals surface area contributed by atoms with Crippen LogP contribution in [0, 0.1) is 11.7 Å². The lowest BCUT2D eigenvalue weighted by atomic mass is 9.99. The summed E-state index contributed by atoms with van der Waals surface area (Å²) in [5.74, 6) is -1.30. The van der Waals surface area contributed by atoms with E-state index in [0.29, 0.717) is 23.0 Å². The molecule has 1 atom stereocenters. The Hall–Kier alpha value is -2.85. The molecule has 31 heavy (non-hydrogen) atoms. The highest BCUT2D eigenvalue weighted by Gasteiger charge is 2.31. The number of amides is 1. The molecule has 166 valence electrons. The van der Waals surface area contributed by atoms with E-state index in [1.54, 1.807) is 18.2 Å². The smallest absolute Gasteiger partial charge is 0.406 e. The molecule has 0 saturated carbocycles. The van der Waals surface area contributed by atoms with Crippen LogP contribution in [0.25, 0.3) is 22.0 Å². The largest absolute Gasteiger partial charge is 0.573 e. The number of fused-ring (bicyclic) bond motifs is 1. The van der Waals surface area contributed by atoms with Crippen LogP contribution in [-0.2, 0) is 4.79 Å². The van der Waals surface area contributed by atoms with Gasteiger partial charge in [0.1, 0.15) is 11.6 Å². The van der Waals surface area contributed by atoms with E-state index in [-0.39, 0.29) is 35.6 Å². The first-order valence-corrected chi connectivity index (χ1v) is 9.35. The van der Waals surface area contributed by atoms with Crippen LogP contribution in [0.1, 0.15) is 12.8 Å². The summed E-state index contributed by atoms with van der Waals surface area (Å²) in [5, 5.41) is 13.4. The van der Waals surface area contributed by atoms with Gasteiger partial charge in [-0.15, -0.1) is 25.6 Å². The predicted molar refractivity (Wildman–Crippen MR) is 110 cm³/mol. The third-order valence-electron chi connectivity index (χ3n) is 4.95. The number of nitrogens with zero attached hydrogens (tertiary/aromatic N) is 1. The minimum atomic E-state index is -4.88. The Morgan fingerprint density at radius 3 is 2.71 bits per heavy atom. The van der Waals surface area contributed by atoms with Crippen LogP contribution in [0.3, 0.4) is 0 Å². The average molecular weight is 459 g/mol. The summed E-state index contributed by atoms with van der Waals surface area (Å²) in [6.07, 6.45) is -3.21. The Bertz CT molecular complexity index is 1080. The summed E-state index contributed by atoms with van der Waals surface area (Å²) < 4.78 is 55.7. The summed E-state index contributed by atoms with van der Waals surface area (Å²) in [4.78, 5) is 12.5. The molecule has 0 aliphatic carbocycles. The van der Waals surface area contributed by atoms with Gasteiger partial charge in [-0.3, -0.25) is 9.89 Å². The van der Waals surface area contributed by atoms with E-state index in [0.717, 1.165) is 37.6 Å². The van der Waals surface area contributed by atoms with Crippen LogP contribution in [-0.4, -0.2) is 35.6 Å². The van der Waals surface area contributed by atoms with E-state index >= 15 is 0 Å². The second-order valence-corrected chi connectivity index (χ2v) is 7.05. The Kier molecular flexibility index (Phi) is 6.71. The lowest BCUT2D eigenvalue weighted by molar-refractivity contribution is -0.274. The van der Waals surface area contributed by atoms with Crippen LogP contribution in [0.4, 0.5) is 23.4 Å². The molecular weight excluding hydrogens is 440 g/mol. The van der Waals surface area contributed by atoms with Gasteiger partial charge in [-0.1, -0.05) is 6.07 Å². The second kappa shape index (κ2) is 9.11. The number of hydrogen-bond acceptors (Lipinski definition) is 4. The molecule has 3 aromatic rings. The number of aromatic amines is 1. The van der Waals surface area contributed by atoms with Crippen LogP contribution in [0.2, 0.25) is 0 Å². The summed E-state index contributed by atoms with van der Waals surface area (Å²) in [6.45, 7) is 1.46. The van der Waals surface area contributed by atoms with E-state index < -0.39 is 17.9 Å². The average Bonchev–Trinajstić information content (AvgIpc) is 3.11. The van der Waals surface area contributed by atoms with Crippen molar-refractivity contribution in [3.8, 4) is 16.9 Å². The van der Waals surface area contributed by atoms with Gasteiger partial charge >= 0.3 is 6.36 Å². The zero-order valence-corrected chi connectivity index (χ0v) is 16.9. The van der Waals surface area contributed by atoms with Crippen LogP contribution >= 0.6 is 12.4 Å². The summed E-state index contributed by atoms with van der Waals surface area (Å²) in [7, 11) is 0. The molecule has 1 aliphatic rings. The molecule has 3 N–H and O–H groups in total. The second-order valence-electron chi connectivity index (χ2n) is 7.05. The number of nitrogens with one attached hydrogen (secondary N) is 3. The predicted octanol–water partition coefficient (Wildman–Crippen LogP) is 4.63. The van der Waals surface area contributed by atoms with E-state index in [4.69, 9.17) is 0 Å². The van der Waals surface area contributed by atoms with Crippen molar-refractivity contribution in [2.45, 2.75) is 19.2 Å². The fourth-order valence-electron chi connectivity index (χ4n) is 3.49. The maximum atomic E-state index is 14.3. The fourth-order valence-corrected chi connectivity index (χ4v) is 3.49. The number of carbonyl (C=O) groups is 1. The van der Waals surface area contributed by atoms with Crippen molar-refractivity contribution in [3.05, 3.63) is 42.2 Å². The number of halogens is 5. The number of benzene rings is 2. The van der Waals surface area contributed by atoms with Gasteiger partial charge in [-0.2, -0.15) is 5.10 Å². The number of anilines is 1. The number of rotatable bonds is 4. The van der Waals surface area contributed by atoms with Gasteiger partial charge in [-0.25, -0.2) is 4.39 Å². The number of aromatic nitrogens is 2. The molecule has 6 nitrogen and oxygen atoms in total. The van der Waals surface area contributed by atoms with Gasteiger partial charge < -0.3 is 15.4 Å². The van der Waals surface area contributed by atoms with Crippen molar-refractivity contribution in [1.82, 2.24) is 15.5 Å². The standard InChI is InChI=1S/C20H18F4N4O2.ClH/c21-16-5-4-13(30-20(22,23)24)9-14(16)11-3-6-17-15(8-11)18(28-27-17)26-19(29)12-2-1-7-25-10-12;/h3-6,8-9,12,25H,1-2,7,10H2,(H2,26,27,28,29);1H/t12-;/m1./s1. The van der Waals surface area contributed by atoms with Gasteiger partial charge in [-0.05, 0) is 55.3 Å². The van der Waals surface area contributed by atoms with Gasteiger partial charge in [0.25, 0.3) is 0 Å². The first kappa shape index (κ1) is 22.8. The summed E-state index contributed by atoms with van der Waals surface area (Å²) >= 11 is 0. The highest BCUT2D eigenvalue weighted by Crippen LogP contribution is 2.33. The number of ether oxygens (including phenoxy) is 1. The number of carbonyl (C=O) groups excluding carboxylic acids is 1. The molecule has 2 aromatic carbocycles. The quantitative estimate of drug-likeness (QED) is 0.498. The fraction of sp³-hybridized carbons (Fsp3) is 0.300. The summed E-state index contributed by atoms with van der Waals surface area (Å²) in [6, 6.07) is 7.53. The monoisotopic (exact) mass is 458 g/mol. The zero-order chi connectivity index (χ0) is 21.3. The molecule has 1 fully saturated rings. The molecule has 1 saturated heterocycles. The van der Waals surface area contributed by atoms with Crippen molar-refractivity contribution in [2.75, 3.05) is 18.4 Å². The van der Waals surface area contributed by atoms with Gasteiger partial charge in [0.2, 0.25) is 5.91 Å². The Balaban J connectivity index is 0.00000272. The molecule has 4 rings (SSSR count). The van der Waals surface area contributed by atoms with Gasteiger partial charge in [0.05, 0.1) is 11.4 Å².